The Morgan fingerprint density at radius 2 is 1.71 bits per heavy atom. The van der Waals surface area contributed by atoms with Gasteiger partial charge in [0.2, 0.25) is 10.0 Å². The van der Waals surface area contributed by atoms with Gasteiger partial charge in [0.25, 0.3) is 5.91 Å². The van der Waals surface area contributed by atoms with Crippen LogP contribution in [0.3, 0.4) is 0 Å². The van der Waals surface area contributed by atoms with Crippen molar-refractivity contribution in [1.29, 1.82) is 0 Å². The lowest BCUT2D eigenvalue weighted by atomic mass is 9.80. The predicted molar refractivity (Wildman–Crippen MR) is 126 cm³/mol. The second kappa shape index (κ2) is 8.66. The molecule has 8 nitrogen and oxygen atoms in total. The summed E-state index contributed by atoms with van der Waals surface area (Å²) in [6.07, 6.45) is 6.49. The molecule has 0 aromatic heterocycles. The van der Waals surface area contributed by atoms with Gasteiger partial charge in [0.05, 0.1) is 28.3 Å². The Kier molecular flexibility index (Phi) is 5.66. The summed E-state index contributed by atoms with van der Waals surface area (Å²) in [6, 6.07) is 14.8. The minimum absolute atomic E-state index is 0.0244. The third kappa shape index (κ3) is 4.08. The molecule has 2 atom stereocenters. The molecule has 3 aliphatic rings. The van der Waals surface area contributed by atoms with Crippen molar-refractivity contribution in [3.63, 3.8) is 0 Å². The van der Waals surface area contributed by atoms with Crippen LogP contribution >= 0.6 is 0 Å². The highest BCUT2D eigenvalue weighted by Gasteiger charge is 2.38. The van der Waals surface area contributed by atoms with Crippen molar-refractivity contribution < 1.29 is 22.7 Å². The molecule has 0 spiro atoms. The first kappa shape index (κ1) is 22.2. The van der Waals surface area contributed by atoms with E-state index < -0.39 is 15.9 Å². The zero-order valence-corrected chi connectivity index (χ0v) is 19.1. The molecule has 34 heavy (non-hydrogen) atoms. The molecule has 1 fully saturated rings. The summed E-state index contributed by atoms with van der Waals surface area (Å²) in [5.41, 5.74) is 1.55. The van der Waals surface area contributed by atoms with Crippen LogP contribution in [0.4, 0.5) is 5.69 Å². The number of ether oxygens (including phenoxy) is 1. The van der Waals surface area contributed by atoms with Crippen molar-refractivity contribution in [3.8, 4) is 0 Å². The van der Waals surface area contributed by atoms with Gasteiger partial charge in [0.15, 0.2) is 5.78 Å². The van der Waals surface area contributed by atoms with E-state index >= 15 is 0 Å². The van der Waals surface area contributed by atoms with E-state index in [1.54, 1.807) is 0 Å². The molecule has 1 saturated carbocycles. The maximum absolute atomic E-state index is 13.5. The molecule has 1 aliphatic carbocycles. The number of rotatable bonds is 4. The highest BCUT2D eigenvalue weighted by Crippen LogP contribution is 2.35. The number of primary sulfonamides is 1. The number of ketones is 1. The second-order valence-electron chi connectivity index (χ2n) is 8.51. The first-order valence-corrected chi connectivity index (χ1v) is 12.6. The topological polar surface area (TPSA) is 119 Å². The van der Waals surface area contributed by atoms with Gasteiger partial charge in [-0.15, -0.1) is 0 Å². The Balaban J connectivity index is 1.54. The average Bonchev–Trinajstić information content (AvgIpc) is 3.17. The summed E-state index contributed by atoms with van der Waals surface area (Å²) in [5, 5.41) is 5.20. The number of carbonyl (C=O) groups excluding carboxylic acids is 2. The minimum Gasteiger partial charge on any atom is -0.497 e. The molecular formula is C25H23N3O5S. The number of sulfonamides is 1. The monoisotopic (exact) mass is 477 g/mol. The number of nitrogens with zero attached hydrogens (tertiary/aromatic N) is 2. The summed E-state index contributed by atoms with van der Waals surface area (Å²) in [5.74, 6) is -0.271. The number of hydrogen-bond donors (Lipinski definition) is 1. The number of allylic oxidation sites excluding steroid dienone is 2. The Labute approximate surface area is 197 Å². The normalized spacial score (nSPS) is 23.9. The van der Waals surface area contributed by atoms with E-state index in [-0.39, 0.29) is 28.4 Å². The van der Waals surface area contributed by atoms with Crippen LogP contribution < -0.4 is 10.0 Å². The van der Waals surface area contributed by atoms with Gasteiger partial charge >= 0.3 is 0 Å². The van der Waals surface area contributed by atoms with Crippen LogP contribution in [0.2, 0.25) is 0 Å². The molecule has 1 amide bonds. The molecule has 2 N–H and O–H groups in total. The van der Waals surface area contributed by atoms with Gasteiger partial charge in [-0.3, -0.25) is 14.5 Å². The first-order chi connectivity index (χ1) is 16.3. The fourth-order valence-corrected chi connectivity index (χ4v) is 5.08. The third-order valence-electron chi connectivity index (χ3n) is 6.30. The Hall–Kier alpha value is -3.56. The molecule has 0 bridgehead atoms. The number of carbonyl (C=O) groups is 2. The number of anilines is 1. The van der Waals surface area contributed by atoms with E-state index in [0.29, 0.717) is 22.7 Å². The lowest BCUT2D eigenvalue weighted by molar-refractivity contribution is -0.126. The van der Waals surface area contributed by atoms with Gasteiger partial charge in [0.1, 0.15) is 17.6 Å². The Morgan fingerprint density at radius 1 is 1.00 bits per heavy atom. The van der Waals surface area contributed by atoms with Gasteiger partial charge < -0.3 is 4.74 Å². The number of aliphatic imine (C=N–C) groups is 1. The molecule has 5 rings (SSSR count). The summed E-state index contributed by atoms with van der Waals surface area (Å²) in [6.45, 7) is 0. The molecule has 9 heteroatoms. The molecule has 0 radical (unpaired) electrons. The fraction of sp³-hybridized carbons (Fsp3) is 0.240. The van der Waals surface area contributed by atoms with Gasteiger partial charge in [-0.25, -0.2) is 18.5 Å². The first-order valence-electron chi connectivity index (χ1n) is 11.1. The number of hydrogen-bond acceptors (Lipinski definition) is 6. The highest BCUT2D eigenvalue weighted by atomic mass is 32.2. The zero-order valence-electron chi connectivity index (χ0n) is 18.3. The SMILES string of the molecule is NS(=O)(=O)c1ccc(N2C(=O)/C(=C/C3=COC4CCCCC4C3=O)N=C2c2ccccc2)cc1. The van der Waals surface area contributed by atoms with Crippen molar-refractivity contribution >= 4 is 33.2 Å². The quantitative estimate of drug-likeness (QED) is 0.679. The van der Waals surface area contributed by atoms with E-state index in [4.69, 9.17) is 9.88 Å². The molecule has 2 aromatic rings. The summed E-state index contributed by atoms with van der Waals surface area (Å²) in [4.78, 5) is 32.4. The number of fused-ring (bicyclic) bond motifs is 1. The average molecular weight is 478 g/mol. The molecule has 174 valence electrons. The number of benzene rings is 2. The minimum atomic E-state index is -3.87. The van der Waals surface area contributed by atoms with Crippen LogP contribution in [-0.4, -0.2) is 32.0 Å². The fourth-order valence-electron chi connectivity index (χ4n) is 4.57. The number of amidine groups is 1. The number of amides is 1. The summed E-state index contributed by atoms with van der Waals surface area (Å²) < 4.78 is 29.1. The molecule has 2 unspecified atom stereocenters. The Morgan fingerprint density at radius 3 is 2.41 bits per heavy atom. The van der Waals surface area contributed by atoms with Crippen LogP contribution in [0.25, 0.3) is 0 Å². The summed E-state index contributed by atoms with van der Waals surface area (Å²) in [7, 11) is -3.87. The largest absolute Gasteiger partial charge is 0.497 e. The second-order valence-corrected chi connectivity index (χ2v) is 10.1. The lowest BCUT2D eigenvalue weighted by Gasteiger charge is -2.33. The van der Waals surface area contributed by atoms with Crippen molar-refractivity contribution in [1.82, 2.24) is 0 Å². The predicted octanol–water partition coefficient (Wildman–Crippen LogP) is 3.05. The highest BCUT2D eigenvalue weighted by molar-refractivity contribution is 7.89. The van der Waals surface area contributed by atoms with Crippen molar-refractivity contribution in [3.05, 3.63) is 83.8 Å². The third-order valence-corrected chi connectivity index (χ3v) is 7.23. The van der Waals surface area contributed by atoms with Crippen LogP contribution in [0.5, 0.6) is 0 Å². The smallest absolute Gasteiger partial charge is 0.282 e. The maximum atomic E-state index is 13.5. The van der Waals surface area contributed by atoms with Gasteiger partial charge in [-0.05, 0) is 49.6 Å². The maximum Gasteiger partial charge on any atom is 0.282 e. The van der Waals surface area contributed by atoms with Crippen LogP contribution in [0.1, 0.15) is 31.2 Å². The van der Waals surface area contributed by atoms with Crippen LogP contribution in [0.15, 0.2) is 88.1 Å². The van der Waals surface area contributed by atoms with Crippen LogP contribution in [-0.2, 0) is 24.3 Å². The van der Waals surface area contributed by atoms with Gasteiger partial charge in [0, 0.05) is 5.56 Å². The number of nitrogens with two attached hydrogens (primary N) is 1. The van der Waals surface area contributed by atoms with Crippen LogP contribution in [0, 0.1) is 5.92 Å². The van der Waals surface area contributed by atoms with E-state index in [1.165, 1.54) is 41.5 Å². The van der Waals surface area contributed by atoms with E-state index in [9.17, 15) is 18.0 Å². The van der Waals surface area contributed by atoms with Gasteiger partial charge in [-0.2, -0.15) is 0 Å². The zero-order chi connectivity index (χ0) is 23.9. The summed E-state index contributed by atoms with van der Waals surface area (Å²) >= 11 is 0. The number of Topliss-reactive ketones (excluding diaryl/α,β-unsaturated/α-hetero) is 1. The molecule has 2 aromatic carbocycles. The molecule has 2 heterocycles. The van der Waals surface area contributed by atoms with E-state index in [1.807, 2.05) is 30.3 Å². The van der Waals surface area contributed by atoms with Crippen molar-refractivity contribution in [2.45, 2.75) is 36.7 Å². The van der Waals surface area contributed by atoms with Crippen molar-refractivity contribution in [2.75, 3.05) is 4.90 Å². The molecule has 0 saturated heterocycles. The standard InChI is InChI=1S/C25H23N3O5S/c26-34(31,32)19-12-10-18(11-13-19)28-24(16-6-2-1-3-7-16)27-21(25(28)30)14-17-15-33-22-9-5-4-8-20(22)23(17)29/h1-3,6-7,10-15,20,22H,4-5,8-9H2,(H2,26,31,32)/b21-14-. The van der Waals surface area contributed by atoms with Gasteiger partial charge in [-0.1, -0.05) is 36.8 Å². The lowest BCUT2D eigenvalue weighted by Crippen LogP contribution is -2.36. The van der Waals surface area contributed by atoms with E-state index in [2.05, 4.69) is 4.99 Å². The Bertz CT molecular complexity index is 1340. The molecule has 2 aliphatic heterocycles. The van der Waals surface area contributed by atoms with E-state index in [0.717, 1.165) is 25.7 Å². The molecular weight excluding hydrogens is 454 g/mol. The van der Waals surface area contributed by atoms with Crippen molar-refractivity contribution in [2.24, 2.45) is 16.0 Å².